The third kappa shape index (κ3) is 3.85. The van der Waals surface area contributed by atoms with Crippen molar-refractivity contribution >= 4 is 17.8 Å². The second-order valence-electron chi connectivity index (χ2n) is 6.59. The van der Waals surface area contributed by atoms with Gasteiger partial charge in [-0.25, -0.2) is 0 Å². The molecule has 1 unspecified atom stereocenters. The lowest BCUT2D eigenvalue weighted by molar-refractivity contribution is -0.148. The van der Waals surface area contributed by atoms with Crippen LogP contribution in [0, 0.1) is 11.8 Å². The highest BCUT2D eigenvalue weighted by molar-refractivity contribution is 5.89. The molecule has 1 aliphatic heterocycles. The standard InChI is InChI=1S/C17H28N2O4/c1-3-18(4-2)16(21)14-6-5-11-19(14)15(20)12-7-9-13(10-8-12)17(22)23/h12-14H,3-11H2,1-2H3,(H,22,23). The Morgan fingerprint density at radius 1 is 1.00 bits per heavy atom. The fraction of sp³-hybridized carbons (Fsp3) is 0.824. The van der Waals surface area contributed by atoms with E-state index >= 15 is 0 Å². The van der Waals surface area contributed by atoms with E-state index in [4.69, 9.17) is 5.11 Å². The van der Waals surface area contributed by atoms with Gasteiger partial charge in [-0.15, -0.1) is 0 Å². The first-order chi connectivity index (χ1) is 11.0. The van der Waals surface area contributed by atoms with E-state index in [1.54, 1.807) is 9.80 Å². The third-order valence-electron chi connectivity index (χ3n) is 5.32. The van der Waals surface area contributed by atoms with Crippen LogP contribution in [0.1, 0.15) is 52.4 Å². The largest absolute Gasteiger partial charge is 0.481 e. The normalized spacial score (nSPS) is 27.7. The Hall–Kier alpha value is -1.59. The fourth-order valence-electron chi connectivity index (χ4n) is 3.86. The number of nitrogens with zero attached hydrogens (tertiary/aromatic N) is 2. The number of carboxylic acid groups (broad SMARTS) is 1. The van der Waals surface area contributed by atoms with Crippen molar-refractivity contribution in [1.29, 1.82) is 0 Å². The Bertz CT molecular complexity index is 454. The summed E-state index contributed by atoms with van der Waals surface area (Å²) in [5.74, 6) is -1.08. The molecule has 0 spiro atoms. The molecule has 130 valence electrons. The minimum atomic E-state index is -0.758. The van der Waals surface area contributed by atoms with Crippen LogP contribution in [-0.2, 0) is 14.4 Å². The summed E-state index contributed by atoms with van der Waals surface area (Å²) >= 11 is 0. The van der Waals surface area contributed by atoms with E-state index < -0.39 is 5.97 Å². The van der Waals surface area contributed by atoms with Crippen LogP contribution >= 0.6 is 0 Å². The second-order valence-corrected chi connectivity index (χ2v) is 6.59. The fourth-order valence-corrected chi connectivity index (χ4v) is 3.86. The van der Waals surface area contributed by atoms with E-state index in [0.717, 1.165) is 12.8 Å². The van der Waals surface area contributed by atoms with Crippen LogP contribution in [0.15, 0.2) is 0 Å². The van der Waals surface area contributed by atoms with Gasteiger partial charge in [-0.3, -0.25) is 14.4 Å². The lowest BCUT2D eigenvalue weighted by Crippen LogP contribution is -2.49. The van der Waals surface area contributed by atoms with Gasteiger partial charge in [0.15, 0.2) is 0 Å². The van der Waals surface area contributed by atoms with Crippen LogP contribution in [0.25, 0.3) is 0 Å². The summed E-state index contributed by atoms with van der Waals surface area (Å²) in [5, 5.41) is 9.06. The Kier molecular flexibility index (Phi) is 6.02. The van der Waals surface area contributed by atoms with E-state index in [1.807, 2.05) is 13.8 Å². The third-order valence-corrected chi connectivity index (χ3v) is 5.32. The van der Waals surface area contributed by atoms with Gasteiger partial charge >= 0.3 is 5.97 Å². The van der Waals surface area contributed by atoms with Crippen molar-refractivity contribution in [1.82, 2.24) is 9.80 Å². The molecule has 1 saturated heterocycles. The molecule has 2 fully saturated rings. The van der Waals surface area contributed by atoms with Gasteiger partial charge in [0.2, 0.25) is 11.8 Å². The maximum Gasteiger partial charge on any atom is 0.306 e. The summed E-state index contributed by atoms with van der Waals surface area (Å²) in [7, 11) is 0. The molecule has 1 heterocycles. The number of likely N-dealkylation sites (tertiary alicyclic amines) is 1. The van der Waals surface area contributed by atoms with Crippen LogP contribution in [0.4, 0.5) is 0 Å². The number of aliphatic carboxylic acids is 1. The molecular weight excluding hydrogens is 296 g/mol. The first-order valence-corrected chi connectivity index (χ1v) is 8.81. The number of carbonyl (C=O) groups is 3. The van der Waals surface area contributed by atoms with Crippen molar-refractivity contribution in [2.45, 2.75) is 58.4 Å². The molecule has 1 N–H and O–H groups in total. The maximum absolute atomic E-state index is 12.8. The predicted molar refractivity (Wildman–Crippen MR) is 85.7 cm³/mol. The maximum atomic E-state index is 12.8. The summed E-state index contributed by atoms with van der Waals surface area (Å²) in [6.45, 7) is 5.88. The predicted octanol–water partition coefficient (Wildman–Crippen LogP) is 1.74. The second kappa shape index (κ2) is 7.79. The van der Waals surface area contributed by atoms with E-state index in [-0.39, 0.29) is 29.7 Å². The Labute approximate surface area is 137 Å². The molecule has 6 nitrogen and oxygen atoms in total. The molecule has 2 rings (SSSR count). The van der Waals surface area contributed by atoms with Gasteiger partial charge in [0, 0.05) is 25.6 Å². The zero-order chi connectivity index (χ0) is 17.0. The molecule has 2 aliphatic rings. The van der Waals surface area contributed by atoms with Crippen LogP contribution in [0.5, 0.6) is 0 Å². The molecule has 1 aliphatic carbocycles. The molecule has 0 aromatic carbocycles. The SMILES string of the molecule is CCN(CC)C(=O)C1CCCN1C(=O)C1CCC(C(=O)O)CC1. The van der Waals surface area contributed by atoms with Gasteiger partial charge in [-0.2, -0.15) is 0 Å². The number of hydrogen-bond acceptors (Lipinski definition) is 3. The van der Waals surface area contributed by atoms with E-state index in [9.17, 15) is 14.4 Å². The van der Waals surface area contributed by atoms with E-state index in [2.05, 4.69) is 0 Å². The van der Waals surface area contributed by atoms with Gasteiger partial charge in [0.05, 0.1) is 5.92 Å². The lowest BCUT2D eigenvalue weighted by Gasteiger charge is -2.33. The quantitative estimate of drug-likeness (QED) is 0.835. The van der Waals surface area contributed by atoms with Crippen molar-refractivity contribution in [2.24, 2.45) is 11.8 Å². The number of hydrogen-bond donors (Lipinski definition) is 1. The summed E-state index contributed by atoms with van der Waals surface area (Å²) in [6, 6.07) is -0.320. The van der Waals surface area contributed by atoms with Crippen LogP contribution in [-0.4, -0.2) is 58.4 Å². The first kappa shape index (κ1) is 17.8. The Morgan fingerprint density at radius 2 is 1.57 bits per heavy atom. The van der Waals surface area contributed by atoms with E-state index in [1.165, 1.54) is 0 Å². The lowest BCUT2D eigenvalue weighted by atomic mass is 9.81. The van der Waals surface area contributed by atoms with E-state index in [0.29, 0.717) is 45.3 Å². The average molecular weight is 324 g/mol. The highest BCUT2D eigenvalue weighted by Crippen LogP contribution is 2.32. The summed E-state index contributed by atoms with van der Waals surface area (Å²) in [6.07, 6.45) is 3.98. The Balaban J connectivity index is 1.98. The summed E-state index contributed by atoms with van der Waals surface area (Å²) in [4.78, 5) is 40.0. The molecule has 0 aromatic rings. The summed E-state index contributed by atoms with van der Waals surface area (Å²) in [5.41, 5.74) is 0. The molecule has 6 heteroatoms. The molecule has 0 bridgehead atoms. The average Bonchev–Trinajstić information content (AvgIpc) is 3.04. The number of carboxylic acids is 1. The minimum absolute atomic E-state index is 0.0526. The van der Waals surface area contributed by atoms with Gasteiger partial charge in [-0.1, -0.05) is 0 Å². The van der Waals surface area contributed by atoms with Crippen molar-refractivity contribution in [3.05, 3.63) is 0 Å². The number of likely N-dealkylation sites (N-methyl/N-ethyl adjacent to an activating group) is 1. The van der Waals surface area contributed by atoms with Crippen LogP contribution < -0.4 is 0 Å². The summed E-state index contributed by atoms with van der Waals surface area (Å²) < 4.78 is 0. The van der Waals surface area contributed by atoms with Gasteiger partial charge in [0.1, 0.15) is 6.04 Å². The zero-order valence-corrected chi connectivity index (χ0v) is 14.2. The minimum Gasteiger partial charge on any atom is -0.481 e. The molecule has 0 aromatic heterocycles. The number of amides is 2. The molecular formula is C17H28N2O4. The number of carbonyl (C=O) groups excluding carboxylic acids is 2. The van der Waals surface area contributed by atoms with Gasteiger partial charge in [-0.05, 0) is 52.4 Å². The smallest absolute Gasteiger partial charge is 0.306 e. The molecule has 0 radical (unpaired) electrons. The number of rotatable bonds is 5. The van der Waals surface area contributed by atoms with Crippen LogP contribution in [0.3, 0.4) is 0 Å². The highest BCUT2D eigenvalue weighted by Gasteiger charge is 2.39. The van der Waals surface area contributed by atoms with Crippen molar-refractivity contribution < 1.29 is 19.5 Å². The van der Waals surface area contributed by atoms with Crippen LogP contribution in [0.2, 0.25) is 0 Å². The zero-order valence-electron chi connectivity index (χ0n) is 14.2. The molecule has 2 amide bonds. The van der Waals surface area contributed by atoms with Gasteiger partial charge < -0.3 is 14.9 Å². The Morgan fingerprint density at radius 3 is 2.09 bits per heavy atom. The first-order valence-electron chi connectivity index (χ1n) is 8.81. The molecule has 1 atom stereocenters. The van der Waals surface area contributed by atoms with Crippen molar-refractivity contribution in [3.63, 3.8) is 0 Å². The topological polar surface area (TPSA) is 77.9 Å². The molecule has 23 heavy (non-hydrogen) atoms. The molecule has 1 saturated carbocycles. The van der Waals surface area contributed by atoms with Gasteiger partial charge in [0.25, 0.3) is 0 Å². The van der Waals surface area contributed by atoms with Crippen molar-refractivity contribution in [3.8, 4) is 0 Å². The monoisotopic (exact) mass is 324 g/mol. The van der Waals surface area contributed by atoms with Crippen molar-refractivity contribution in [2.75, 3.05) is 19.6 Å². The highest BCUT2D eigenvalue weighted by atomic mass is 16.4.